The number of nitrogens with two attached hydrogens (primary N) is 1. The molecule has 0 saturated heterocycles. The van der Waals surface area contributed by atoms with Gasteiger partial charge in [-0.3, -0.25) is 4.98 Å². The van der Waals surface area contributed by atoms with Crippen molar-refractivity contribution in [3.63, 3.8) is 0 Å². The molecule has 8 nitrogen and oxygen atoms in total. The van der Waals surface area contributed by atoms with Gasteiger partial charge in [0.2, 0.25) is 0 Å². The Bertz CT molecular complexity index is 1240. The van der Waals surface area contributed by atoms with Crippen LogP contribution in [0.3, 0.4) is 0 Å². The van der Waals surface area contributed by atoms with Crippen LogP contribution in [0.1, 0.15) is 44.6 Å². The van der Waals surface area contributed by atoms with Gasteiger partial charge >= 0.3 is 0 Å². The van der Waals surface area contributed by atoms with E-state index in [-0.39, 0.29) is 6.04 Å². The zero-order chi connectivity index (χ0) is 22.5. The zero-order valence-corrected chi connectivity index (χ0v) is 19.3. The van der Waals surface area contributed by atoms with E-state index in [2.05, 4.69) is 21.8 Å². The lowest BCUT2D eigenvalue weighted by Crippen LogP contribution is -2.42. The molecule has 2 aromatic heterocycles. The number of nitrogens with zero attached hydrogens (tertiary/aromatic N) is 3. The predicted octanol–water partition coefficient (Wildman–Crippen LogP) is 3.61. The fourth-order valence-electron chi connectivity index (χ4n) is 5.15. The highest BCUT2D eigenvalue weighted by molar-refractivity contribution is 7.86. The Kier molecular flexibility index (Phi) is 5.51. The maximum atomic E-state index is 12.0. The summed E-state index contributed by atoms with van der Waals surface area (Å²) in [7, 11) is -0.353. The molecule has 0 radical (unpaired) electrons. The summed E-state index contributed by atoms with van der Waals surface area (Å²) in [6, 6.07) is 6.51. The molecule has 2 aliphatic rings. The molecule has 3 aromatic rings. The minimum absolute atomic E-state index is 0.113. The largest absolute Gasteiger partial charge is 0.493 e. The van der Waals surface area contributed by atoms with Gasteiger partial charge in [-0.15, -0.1) is 0 Å². The molecule has 2 aliphatic carbocycles. The van der Waals surface area contributed by atoms with E-state index < -0.39 is 10.2 Å². The van der Waals surface area contributed by atoms with Gasteiger partial charge in [0.05, 0.1) is 25.3 Å². The van der Waals surface area contributed by atoms with Gasteiger partial charge in [-0.2, -0.15) is 12.7 Å². The molecule has 0 atom stereocenters. The molecule has 0 spiro atoms. The summed E-state index contributed by atoms with van der Waals surface area (Å²) in [5.74, 6) is 1.71. The number of methoxy groups -OCH3 is 2. The maximum Gasteiger partial charge on any atom is 0.277 e. The number of rotatable bonds is 7. The smallest absolute Gasteiger partial charge is 0.277 e. The molecule has 0 unspecified atom stereocenters. The molecule has 32 heavy (non-hydrogen) atoms. The molecule has 2 saturated carbocycles. The lowest BCUT2D eigenvalue weighted by Gasteiger charge is -2.33. The SMILES string of the molecule is COc1cc2ncc3ccn(C4CCC(CN(C5CC5)S(N)(=O)=O)CC4)c3c2cc1OC. The van der Waals surface area contributed by atoms with Crippen LogP contribution in [0.2, 0.25) is 0 Å². The van der Waals surface area contributed by atoms with Gasteiger partial charge in [0.25, 0.3) is 10.2 Å². The number of hydrogen-bond acceptors (Lipinski definition) is 5. The molecule has 172 valence electrons. The fraction of sp³-hybridized carbons (Fsp3) is 0.522. The first kappa shape index (κ1) is 21.5. The monoisotopic (exact) mass is 458 g/mol. The third-order valence-electron chi connectivity index (χ3n) is 6.97. The van der Waals surface area contributed by atoms with Crippen LogP contribution in [0.25, 0.3) is 21.8 Å². The van der Waals surface area contributed by atoms with Gasteiger partial charge in [0, 0.05) is 47.9 Å². The Morgan fingerprint density at radius 1 is 1.09 bits per heavy atom. The molecule has 9 heteroatoms. The third-order valence-corrected chi connectivity index (χ3v) is 8.08. The van der Waals surface area contributed by atoms with Crippen LogP contribution in [0.4, 0.5) is 0 Å². The molecule has 2 N–H and O–H groups in total. The molecule has 0 amide bonds. The third kappa shape index (κ3) is 3.93. The number of aromatic nitrogens is 2. The molecule has 0 bridgehead atoms. The van der Waals surface area contributed by atoms with Crippen LogP contribution in [0.5, 0.6) is 11.5 Å². The predicted molar refractivity (Wildman–Crippen MR) is 124 cm³/mol. The van der Waals surface area contributed by atoms with Crippen molar-refractivity contribution < 1.29 is 17.9 Å². The van der Waals surface area contributed by atoms with Crippen molar-refractivity contribution in [2.45, 2.75) is 50.6 Å². The summed E-state index contributed by atoms with van der Waals surface area (Å²) >= 11 is 0. The average molecular weight is 459 g/mol. The minimum atomic E-state index is -3.62. The van der Waals surface area contributed by atoms with Gasteiger partial charge in [0.1, 0.15) is 0 Å². The second-order valence-electron chi connectivity index (χ2n) is 9.03. The molecular weight excluding hydrogens is 428 g/mol. The fourth-order valence-corrected chi connectivity index (χ4v) is 6.20. The number of benzene rings is 1. The first-order chi connectivity index (χ1) is 15.4. The number of fused-ring (bicyclic) bond motifs is 3. The second kappa shape index (κ2) is 8.20. The van der Waals surface area contributed by atoms with Gasteiger partial charge in [-0.25, -0.2) is 5.14 Å². The summed E-state index contributed by atoms with van der Waals surface area (Å²) in [5, 5.41) is 7.61. The normalized spacial score (nSPS) is 22.0. The first-order valence-electron chi connectivity index (χ1n) is 11.2. The lowest BCUT2D eigenvalue weighted by molar-refractivity contribution is 0.234. The number of pyridine rings is 1. The molecule has 2 fully saturated rings. The van der Waals surface area contributed by atoms with E-state index in [1.807, 2.05) is 18.3 Å². The van der Waals surface area contributed by atoms with Crippen LogP contribution >= 0.6 is 0 Å². The lowest BCUT2D eigenvalue weighted by atomic mass is 9.85. The Labute approximate surface area is 188 Å². The van der Waals surface area contributed by atoms with Gasteiger partial charge in [-0.1, -0.05) is 0 Å². The molecular formula is C23H30N4O4S. The quantitative estimate of drug-likeness (QED) is 0.583. The van der Waals surface area contributed by atoms with Crippen molar-refractivity contribution in [2.75, 3.05) is 20.8 Å². The van der Waals surface area contributed by atoms with Crippen molar-refractivity contribution in [1.29, 1.82) is 0 Å². The van der Waals surface area contributed by atoms with Gasteiger partial charge in [-0.05, 0) is 56.6 Å². The highest BCUT2D eigenvalue weighted by Gasteiger charge is 2.37. The standard InChI is InChI=1S/C23H30N4O4S/c1-30-21-11-19-20(12-22(21)31-2)25-13-16-9-10-26(23(16)19)17-5-3-15(4-6-17)14-27(18-7-8-18)32(24,28)29/h9-13,15,17-18H,3-8,14H2,1-2H3,(H2,24,28,29). The van der Waals surface area contributed by atoms with Crippen LogP contribution in [0.15, 0.2) is 30.6 Å². The minimum Gasteiger partial charge on any atom is -0.493 e. The highest BCUT2D eigenvalue weighted by atomic mass is 32.2. The van der Waals surface area contributed by atoms with E-state index >= 15 is 0 Å². The molecule has 2 heterocycles. The topological polar surface area (TPSA) is 99.7 Å². The van der Waals surface area contributed by atoms with Crippen molar-refractivity contribution in [1.82, 2.24) is 13.9 Å². The highest BCUT2D eigenvalue weighted by Crippen LogP contribution is 2.40. The van der Waals surface area contributed by atoms with Crippen molar-refractivity contribution in [3.8, 4) is 11.5 Å². The van der Waals surface area contributed by atoms with Crippen LogP contribution < -0.4 is 14.6 Å². The number of ether oxygens (including phenoxy) is 2. The van der Waals surface area contributed by atoms with E-state index in [0.717, 1.165) is 60.3 Å². The van der Waals surface area contributed by atoms with E-state index in [0.29, 0.717) is 30.0 Å². The Morgan fingerprint density at radius 2 is 1.78 bits per heavy atom. The average Bonchev–Trinajstić information content (AvgIpc) is 3.53. The van der Waals surface area contributed by atoms with E-state index in [9.17, 15) is 8.42 Å². The van der Waals surface area contributed by atoms with Gasteiger partial charge in [0.15, 0.2) is 11.5 Å². The second-order valence-corrected chi connectivity index (χ2v) is 10.5. The van der Waals surface area contributed by atoms with Crippen LogP contribution in [-0.4, -0.2) is 49.1 Å². The van der Waals surface area contributed by atoms with Crippen molar-refractivity contribution in [2.24, 2.45) is 11.1 Å². The molecule has 5 rings (SSSR count). The van der Waals surface area contributed by atoms with Gasteiger partial charge < -0.3 is 14.0 Å². The maximum absolute atomic E-state index is 12.0. The summed E-state index contributed by atoms with van der Waals surface area (Å²) in [4.78, 5) is 4.62. The van der Waals surface area contributed by atoms with Crippen LogP contribution in [-0.2, 0) is 10.2 Å². The Hall–Kier alpha value is -2.36. The molecule has 0 aliphatic heterocycles. The van der Waals surface area contributed by atoms with Crippen molar-refractivity contribution in [3.05, 3.63) is 30.6 Å². The summed E-state index contributed by atoms with van der Waals surface area (Å²) in [6.07, 6.45) is 9.91. The number of hydrogen-bond donors (Lipinski definition) is 1. The van der Waals surface area contributed by atoms with E-state index in [1.165, 1.54) is 4.31 Å². The van der Waals surface area contributed by atoms with Crippen molar-refractivity contribution >= 4 is 32.0 Å². The van der Waals surface area contributed by atoms with Crippen LogP contribution in [0, 0.1) is 5.92 Å². The molecule has 1 aromatic carbocycles. The summed E-state index contributed by atoms with van der Waals surface area (Å²) in [6.45, 7) is 0.548. The Morgan fingerprint density at radius 3 is 2.41 bits per heavy atom. The zero-order valence-electron chi connectivity index (χ0n) is 18.5. The summed E-state index contributed by atoms with van der Waals surface area (Å²) in [5.41, 5.74) is 2.03. The summed E-state index contributed by atoms with van der Waals surface area (Å²) < 4.78 is 38.8. The van der Waals surface area contributed by atoms with E-state index in [4.69, 9.17) is 14.6 Å². The van der Waals surface area contributed by atoms with E-state index in [1.54, 1.807) is 14.2 Å². The Balaban J connectivity index is 1.40. The first-order valence-corrected chi connectivity index (χ1v) is 12.7.